The third-order valence-electron chi connectivity index (χ3n) is 2.11. The maximum atomic E-state index is 8.96. The van der Waals surface area contributed by atoms with Gasteiger partial charge in [-0.3, -0.25) is 0 Å². The number of thiophene rings is 1. The minimum Gasteiger partial charge on any atom is -0.394 e. The van der Waals surface area contributed by atoms with Crippen molar-refractivity contribution in [2.75, 3.05) is 6.61 Å². The molecule has 13 heavy (non-hydrogen) atoms. The van der Waals surface area contributed by atoms with Gasteiger partial charge < -0.3 is 10.8 Å². The number of hydrogen-bond donors (Lipinski definition) is 2. The van der Waals surface area contributed by atoms with Crippen LogP contribution >= 0.6 is 11.3 Å². The zero-order valence-corrected chi connectivity index (χ0v) is 7.92. The third-order valence-corrected chi connectivity index (χ3v) is 3.08. The van der Waals surface area contributed by atoms with Crippen molar-refractivity contribution in [1.29, 1.82) is 0 Å². The smallest absolute Gasteiger partial charge is 0.0624 e. The van der Waals surface area contributed by atoms with E-state index in [1.165, 1.54) is 10.1 Å². The van der Waals surface area contributed by atoms with Gasteiger partial charge in [0.2, 0.25) is 0 Å². The molecule has 2 rings (SSSR count). The molecule has 1 atom stereocenters. The first-order valence-corrected chi connectivity index (χ1v) is 5.03. The summed E-state index contributed by atoms with van der Waals surface area (Å²) in [5.41, 5.74) is 6.81. The molecular formula is C10H11NOS. The first kappa shape index (κ1) is 8.69. The van der Waals surface area contributed by atoms with E-state index in [1.807, 2.05) is 17.5 Å². The second-order valence-corrected chi connectivity index (χ2v) is 3.89. The Kier molecular flexibility index (Phi) is 2.31. The van der Waals surface area contributed by atoms with Gasteiger partial charge in [0.05, 0.1) is 12.6 Å². The summed E-state index contributed by atoms with van der Waals surface area (Å²) in [6.45, 7) is -0.00296. The Morgan fingerprint density at radius 3 is 3.00 bits per heavy atom. The lowest BCUT2D eigenvalue weighted by atomic mass is 10.1. The fraction of sp³-hybridized carbons (Fsp3) is 0.200. The van der Waals surface area contributed by atoms with E-state index in [4.69, 9.17) is 10.8 Å². The fourth-order valence-corrected chi connectivity index (χ4v) is 2.38. The lowest BCUT2D eigenvalue weighted by molar-refractivity contribution is 0.268. The van der Waals surface area contributed by atoms with Crippen molar-refractivity contribution in [2.45, 2.75) is 6.04 Å². The van der Waals surface area contributed by atoms with E-state index in [0.717, 1.165) is 5.56 Å². The molecule has 0 saturated carbocycles. The average Bonchev–Trinajstić information content (AvgIpc) is 2.63. The van der Waals surface area contributed by atoms with Crippen LogP contribution in [0.4, 0.5) is 0 Å². The number of benzene rings is 1. The average molecular weight is 193 g/mol. The van der Waals surface area contributed by atoms with Crippen LogP contribution in [-0.4, -0.2) is 11.7 Å². The highest BCUT2D eigenvalue weighted by Gasteiger charge is 2.08. The molecule has 1 aromatic carbocycles. The highest BCUT2D eigenvalue weighted by atomic mass is 32.1. The van der Waals surface area contributed by atoms with Gasteiger partial charge in [0, 0.05) is 4.70 Å². The van der Waals surface area contributed by atoms with Gasteiger partial charge in [-0.1, -0.05) is 18.2 Å². The number of rotatable bonds is 2. The molecule has 3 heteroatoms. The zero-order chi connectivity index (χ0) is 9.26. The maximum absolute atomic E-state index is 8.96. The molecule has 1 unspecified atom stereocenters. The van der Waals surface area contributed by atoms with E-state index in [2.05, 4.69) is 12.1 Å². The highest BCUT2D eigenvalue weighted by molar-refractivity contribution is 7.17. The number of aliphatic hydroxyl groups excluding tert-OH is 1. The predicted molar refractivity (Wildman–Crippen MR) is 55.8 cm³/mol. The van der Waals surface area contributed by atoms with Crippen molar-refractivity contribution >= 4 is 21.4 Å². The lowest BCUT2D eigenvalue weighted by Gasteiger charge is -2.08. The molecule has 0 amide bonds. The van der Waals surface area contributed by atoms with E-state index in [9.17, 15) is 0 Å². The van der Waals surface area contributed by atoms with Crippen molar-refractivity contribution in [3.63, 3.8) is 0 Å². The van der Waals surface area contributed by atoms with Crippen LogP contribution in [-0.2, 0) is 0 Å². The summed E-state index contributed by atoms with van der Waals surface area (Å²) in [4.78, 5) is 0. The van der Waals surface area contributed by atoms with Gasteiger partial charge >= 0.3 is 0 Å². The monoisotopic (exact) mass is 193 g/mol. The molecule has 0 saturated heterocycles. The Morgan fingerprint density at radius 2 is 2.23 bits per heavy atom. The zero-order valence-electron chi connectivity index (χ0n) is 7.10. The van der Waals surface area contributed by atoms with Gasteiger partial charge in [0.1, 0.15) is 0 Å². The van der Waals surface area contributed by atoms with E-state index in [-0.39, 0.29) is 12.6 Å². The van der Waals surface area contributed by atoms with Gasteiger partial charge in [-0.25, -0.2) is 0 Å². The summed E-state index contributed by atoms with van der Waals surface area (Å²) in [5, 5.41) is 12.2. The second-order valence-electron chi connectivity index (χ2n) is 2.98. The minimum atomic E-state index is -0.262. The quantitative estimate of drug-likeness (QED) is 0.765. The van der Waals surface area contributed by atoms with Gasteiger partial charge in [0.25, 0.3) is 0 Å². The highest BCUT2D eigenvalue weighted by Crippen LogP contribution is 2.27. The molecular weight excluding hydrogens is 182 g/mol. The fourth-order valence-electron chi connectivity index (χ4n) is 1.41. The Labute approximate surface area is 80.6 Å². The first-order chi connectivity index (χ1) is 6.33. The van der Waals surface area contributed by atoms with E-state index in [0.29, 0.717) is 0 Å². The molecule has 0 bridgehead atoms. The summed E-state index contributed by atoms with van der Waals surface area (Å²) in [6, 6.07) is 7.80. The van der Waals surface area contributed by atoms with Crippen molar-refractivity contribution in [3.05, 3.63) is 35.2 Å². The summed E-state index contributed by atoms with van der Waals surface area (Å²) in [7, 11) is 0. The Balaban J connectivity index is 2.60. The Morgan fingerprint density at radius 1 is 1.38 bits per heavy atom. The standard InChI is InChI=1S/C10H11NOS/c11-9(6-12)8-3-1-2-7-4-5-13-10(7)8/h1-5,9,12H,6,11H2. The summed E-state index contributed by atoms with van der Waals surface area (Å²) >= 11 is 1.67. The molecule has 0 radical (unpaired) electrons. The number of nitrogens with two attached hydrogens (primary N) is 1. The van der Waals surface area contributed by atoms with Crippen LogP contribution in [0.1, 0.15) is 11.6 Å². The molecule has 0 aliphatic rings. The van der Waals surface area contributed by atoms with Crippen molar-refractivity contribution in [1.82, 2.24) is 0 Å². The third kappa shape index (κ3) is 1.46. The molecule has 2 aromatic rings. The predicted octanol–water partition coefficient (Wildman–Crippen LogP) is 1.89. The molecule has 68 valence electrons. The van der Waals surface area contributed by atoms with Crippen LogP contribution in [0.3, 0.4) is 0 Å². The molecule has 1 heterocycles. The molecule has 1 aromatic heterocycles. The van der Waals surface area contributed by atoms with Crippen LogP contribution in [0.15, 0.2) is 29.6 Å². The molecule has 0 aliphatic heterocycles. The normalized spacial score (nSPS) is 13.4. The van der Waals surface area contributed by atoms with E-state index >= 15 is 0 Å². The Hall–Kier alpha value is -0.900. The molecule has 0 fully saturated rings. The number of fused-ring (bicyclic) bond motifs is 1. The van der Waals surface area contributed by atoms with Gasteiger partial charge in [-0.05, 0) is 22.4 Å². The first-order valence-electron chi connectivity index (χ1n) is 4.15. The van der Waals surface area contributed by atoms with Gasteiger partial charge in [-0.2, -0.15) is 0 Å². The molecule has 2 nitrogen and oxygen atoms in total. The van der Waals surface area contributed by atoms with E-state index < -0.39 is 0 Å². The number of aliphatic hydroxyl groups is 1. The lowest BCUT2D eigenvalue weighted by Crippen LogP contribution is -2.14. The van der Waals surface area contributed by atoms with Crippen molar-refractivity contribution < 1.29 is 5.11 Å². The summed E-state index contributed by atoms with van der Waals surface area (Å²) in [5.74, 6) is 0. The molecule has 0 aliphatic carbocycles. The molecule has 3 N–H and O–H groups in total. The van der Waals surface area contributed by atoms with Crippen molar-refractivity contribution in [3.8, 4) is 0 Å². The van der Waals surface area contributed by atoms with Crippen LogP contribution < -0.4 is 5.73 Å². The summed E-state index contributed by atoms with van der Waals surface area (Å²) < 4.78 is 1.18. The maximum Gasteiger partial charge on any atom is 0.0624 e. The topological polar surface area (TPSA) is 46.2 Å². The van der Waals surface area contributed by atoms with E-state index in [1.54, 1.807) is 11.3 Å². The van der Waals surface area contributed by atoms with Crippen molar-refractivity contribution in [2.24, 2.45) is 5.73 Å². The second kappa shape index (κ2) is 3.46. The number of hydrogen-bond acceptors (Lipinski definition) is 3. The Bertz CT molecular complexity index is 410. The van der Waals surface area contributed by atoms with Gasteiger partial charge in [-0.15, -0.1) is 11.3 Å². The molecule has 0 spiro atoms. The van der Waals surface area contributed by atoms with Crippen LogP contribution in [0.5, 0.6) is 0 Å². The minimum absolute atomic E-state index is 0.00296. The van der Waals surface area contributed by atoms with Crippen LogP contribution in [0.25, 0.3) is 10.1 Å². The van der Waals surface area contributed by atoms with Crippen LogP contribution in [0.2, 0.25) is 0 Å². The van der Waals surface area contributed by atoms with Crippen LogP contribution in [0, 0.1) is 0 Å². The SMILES string of the molecule is NC(CO)c1cccc2ccsc12. The largest absolute Gasteiger partial charge is 0.394 e. The summed E-state index contributed by atoms with van der Waals surface area (Å²) in [6.07, 6.45) is 0. The van der Waals surface area contributed by atoms with Gasteiger partial charge in [0.15, 0.2) is 0 Å².